The van der Waals surface area contributed by atoms with E-state index in [-0.39, 0.29) is 11.9 Å². The first-order valence-corrected chi connectivity index (χ1v) is 9.51. The Bertz CT molecular complexity index is 743. The van der Waals surface area contributed by atoms with E-state index >= 15 is 0 Å². The van der Waals surface area contributed by atoms with Gasteiger partial charge in [-0.2, -0.15) is 0 Å². The number of ether oxygens (including phenoxy) is 1. The number of piperidine rings is 1. The molecule has 0 unspecified atom stereocenters. The molecule has 6 nitrogen and oxygen atoms in total. The number of carbonyl (C=O) groups excluding carboxylic acids is 1. The largest absolute Gasteiger partial charge is 0.396 e. The maximum absolute atomic E-state index is 12.8. The molecule has 6 heteroatoms. The summed E-state index contributed by atoms with van der Waals surface area (Å²) in [6.45, 7) is 3.83. The van der Waals surface area contributed by atoms with Gasteiger partial charge in [-0.3, -0.25) is 9.78 Å². The van der Waals surface area contributed by atoms with Gasteiger partial charge >= 0.3 is 0 Å². The molecule has 1 aliphatic rings. The molecule has 0 atom stereocenters. The molecule has 2 aromatic rings. The monoisotopic (exact) mass is 368 g/mol. The second-order valence-corrected chi connectivity index (χ2v) is 6.92. The summed E-state index contributed by atoms with van der Waals surface area (Å²) in [5.74, 6) is -0.120. The Morgan fingerprint density at radius 3 is 2.70 bits per heavy atom. The van der Waals surface area contributed by atoms with E-state index in [0.717, 1.165) is 51.1 Å². The van der Waals surface area contributed by atoms with E-state index < -0.39 is 0 Å². The fraction of sp³-hybridized carbons (Fsp3) is 0.429. The van der Waals surface area contributed by atoms with Crippen molar-refractivity contribution in [2.45, 2.75) is 25.3 Å². The number of rotatable bonds is 7. The van der Waals surface area contributed by atoms with Crippen molar-refractivity contribution in [3.63, 3.8) is 0 Å². The first-order chi connectivity index (χ1) is 13.2. The highest BCUT2D eigenvalue weighted by atomic mass is 16.5. The van der Waals surface area contributed by atoms with Crippen LogP contribution in [0.2, 0.25) is 0 Å². The predicted molar refractivity (Wildman–Crippen MR) is 108 cm³/mol. The number of carbonyl (C=O) groups is 1. The zero-order valence-electron chi connectivity index (χ0n) is 15.9. The summed E-state index contributed by atoms with van der Waals surface area (Å²) in [5.41, 5.74) is 8.75. The van der Waals surface area contributed by atoms with Gasteiger partial charge in [0.25, 0.3) is 5.91 Å². The summed E-state index contributed by atoms with van der Waals surface area (Å²) in [4.78, 5) is 19.5. The summed E-state index contributed by atoms with van der Waals surface area (Å²) in [7, 11) is 1.73. The number of hydrogen-bond acceptors (Lipinski definition) is 5. The van der Waals surface area contributed by atoms with Gasteiger partial charge in [0.15, 0.2) is 0 Å². The molecule has 144 valence electrons. The molecule has 3 N–H and O–H groups in total. The highest BCUT2D eigenvalue weighted by Crippen LogP contribution is 2.26. The molecule has 1 amide bonds. The molecule has 1 aromatic carbocycles. The Balaban J connectivity index is 1.59. The van der Waals surface area contributed by atoms with E-state index in [9.17, 15) is 4.79 Å². The van der Waals surface area contributed by atoms with E-state index in [4.69, 9.17) is 10.5 Å². The topological polar surface area (TPSA) is 80.5 Å². The van der Waals surface area contributed by atoms with Gasteiger partial charge in [0.05, 0.1) is 16.9 Å². The first kappa shape index (κ1) is 19.3. The number of nitrogens with one attached hydrogen (secondary N) is 1. The van der Waals surface area contributed by atoms with Crippen molar-refractivity contribution < 1.29 is 9.53 Å². The lowest BCUT2D eigenvalue weighted by Crippen LogP contribution is -2.45. The fourth-order valence-electron chi connectivity index (χ4n) is 3.49. The van der Waals surface area contributed by atoms with Crippen molar-refractivity contribution in [3.8, 4) is 11.3 Å². The number of nitrogen functional groups attached to an aromatic ring is 1. The molecule has 27 heavy (non-hydrogen) atoms. The van der Waals surface area contributed by atoms with Gasteiger partial charge in [0.2, 0.25) is 0 Å². The maximum Gasteiger partial charge on any atom is 0.253 e. The van der Waals surface area contributed by atoms with Gasteiger partial charge < -0.3 is 20.7 Å². The molecule has 1 fully saturated rings. The Kier molecular flexibility index (Phi) is 6.79. The van der Waals surface area contributed by atoms with Gasteiger partial charge in [0, 0.05) is 51.2 Å². The van der Waals surface area contributed by atoms with Crippen LogP contribution in [0.4, 0.5) is 5.69 Å². The van der Waals surface area contributed by atoms with Crippen molar-refractivity contribution in [3.05, 3.63) is 48.2 Å². The lowest BCUT2D eigenvalue weighted by molar-refractivity contribution is 0.0908. The number of nitrogens with zero attached hydrogens (tertiary/aromatic N) is 2. The average molecular weight is 368 g/mol. The van der Waals surface area contributed by atoms with Crippen LogP contribution >= 0.6 is 0 Å². The number of likely N-dealkylation sites (tertiary alicyclic amines) is 1. The molecule has 1 saturated heterocycles. The van der Waals surface area contributed by atoms with Gasteiger partial charge in [-0.15, -0.1) is 0 Å². The second kappa shape index (κ2) is 9.48. The summed E-state index contributed by atoms with van der Waals surface area (Å²) >= 11 is 0. The SMILES string of the molecule is COCCCN1CCC(NC(=O)c2ccnc(-c3ccccc3)c2N)CC1. The van der Waals surface area contributed by atoms with E-state index in [2.05, 4.69) is 15.2 Å². The highest BCUT2D eigenvalue weighted by Gasteiger charge is 2.22. The Labute approximate surface area is 160 Å². The van der Waals surface area contributed by atoms with Gasteiger partial charge in [-0.05, 0) is 25.3 Å². The molecule has 1 aliphatic heterocycles. The van der Waals surface area contributed by atoms with E-state index in [1.807, 2.05) is 30.3 Å². The normalized spacial score (nSPS) is 15.6. The number of amides is 1. The Morgan fingerprint density at radius 1 is 1.26 bits per heavy atom. The molecular weight excluding hydrogens is 340 g/mol. The van der Waals surface area contributed by atoms with E-state index in [1.165, 1.54) is 0 Å². The van der Waals surface area contributed by atoms with Crippen LogP contribution in [0.25, 0.3) is 11.3 Å². The molecule has 0 spiro atoms. The molecular formula is C21H28N4O2. The van der Waals surface area contributed by atoms with Gasteiger partial charge in [-0.25, -0.2) is 0 Å². The predicted octanol–water partition coefficient (Wildman–Crippen LogP) is 2.56. The minimum Gasteiger partial charge on any atom is -0.396 e. The van der Waals surface area contributed by atoms with Crippen LogP contribution in [-0.4, -0.2) is 55.2 Å². The average Bonchev–Trinajstić information content (AvgIpc) is 2.70. The fourth-order valence-corrected chi connectivity index (χ4v) is 3.49. The number of methoxy groups -OCH3 is 1. The first-order valence-electron chi connectivity index (χ1n) is 9.51. The van der Waals surface area contributed by atoms with Crippen LogP contribution in [0, 0.1) is 0 Å². The van der Waals surface area contributed by atoms with Crippen LogP contribution < -0.4 is 11.1 Å². The summed E-state index contributed by atoms with van der Waals surface area (Å²) in [6.07, 6.45) is 4.60. The van der Waals surface area contributed by atoms with Crippen LogP contribution in [-0.2, 0) is 4.74 Å². The maximum atomic E-state index is 12.8. The third-order valence-electron chi connectivity index (χ3n) is 5.03. The summed E-state index contributed by atoms with van der Waals surface area (Å²) in [5, 5.41) is 3.14. The van der Waals surface area contributed by atoms with Crippen LogP contribution in [0.1, 0.15) is 29.6 Å². The molecule has 0 saturated carbocycles. The van der Waals surface area contributed by atoms with Gasteiger partial charge in [0.1, 0.15) is 0 Å². The zero-order valence-corrected chi connectivity index (χ0v) is 15.9. The lowest BCUT2D eigenvalue weighted by atomic mass is 10.0. The Hall–Kier alpha value is -2.44. The van der Waals surface area contributed by atoms with Crippen LogP contribution in [0.15, 0.2) is 42.6 Å². The quantitative estimate of drug-likeness (QED) is 0.734. The number of hydrogen-bond donors (Lipinski definition) is 2. The standard InChI is InChI=1S/C21H28N4O2/c1-27-15-5-12-25-13-9-17(10-14-25)24-21(26)18-8-11-23-20(19(18)22)16-6-3-2-4-7-16/h2-4,6-8,11,17H,5,9-10,12-15,22H2,1H3,(H,24,26). The number of nitrogens with two attached hydrogens (primary N) is 1. The van der Waals surface area contributed by atoms with E-state index in [0.29, 0.717) is 16.9 Å². The molecule has 0 radical (unpaired) electrons. The van der Waals surface area contributed by atoms with Crippen molar-refractivity contribution in [2.75, 3.05) is 39.1 Å². The minimum atomic E-state index is -0.120. The molecule has 0 bridgehead atoms. The van der Waals surface area contributed by atoms with Crippen LogP contribution in [0.3, 0.4) is 0 Å². The van der Waals surface area contributed by atoms with Crippen molar-refractivity contribution in [1.82, 2.24) is 15.2 Å². The lowest BCUT2D eigenvalue weighted by Gasteiger charge is -2.32. The number of benzene rings is 1. The van der Waals surface area contributed by atoms with E-state index in [1.54, 1.807) is 19.4 Å². The molecule has 3 rings (SSSR count). The minimum absolute atomic E-state index is 0.120. The number of anilines is 1. The summed E-state index contributed by atoms with van der Waals surface area (Å²) in [6, 6.07) is 11.6. The third kappa shape index (κ3) is 5.05. The Morgan fingerprint density at radius 2 is 2.00 bits per heavy atom. The zero-order chi connectivity index (χ0) is 19.1. The number of pyridine rings is 1. The van der Waals surface area contributed by atoms with Crippen LogP contribution in [0.5, 0.6) is 0 Å². The molecule has 1 aromatic heterocycles. The second-order valence-electron chi connectivity index (χ2n) is 6.92. The van der Waals surface area contributed by atoms with Gasteiger partial charge in [-0.1, -0.05) is 30.3 Å². The third-order valence-corrected chi connectivity index (χ3v) is 5.03. The van der Waals surface area contributed by atoms with Crippen molar-refractivity contribution in [1.29, 1.82) is 0 Å². The van der Waals surface area contributed by atoms with Crippen molar-refractivity contribution in [2.24, 2.45) is 0 Å². The molecule has 2 heterocycles. The molecule has 0 aliphatic carbocycles. The number of aromatic nitrogens is 1. The highest BCUT2D eigenvalue weighted by molar-refractivity contribution is 6.01. The summed E-state index contributed by atoms with van der Waals surface area (Å²) < 4.78 is 5.11. The smallest absolute Gasteiger partial charge is 0.253 e. The van der Waals surface area contributed by atoms with Crippen molar-refractivity contribution >= 4 is 11.6 Å².